The van der Waals surface area contributed by atoms with Gasteiger partial charge < -0.3 is 15.5 Å². The van der Waals surface area contributed by atoms with Crippen LogP contribution in [0.3, 0.4) is 0 Å². The van der Waals surface area contributed by atoms with Gasteiger partial charge in [0, 0.05) is 32.4 Å². The van der Waals surface area contributed by atoms with Gasteiger partial charge in [-0.15, -0.1) is 0 Å². The van der Waals surface area contributed by atoms with Gasteiger partial charge in [0.05, 0.1) is 5.56 Å². The highest BCUT2D eigenvalue weighted by atomic mass is 16.1. The van der Waals surface area contributed by atoms with Crippen molar-refractivity contribution in [1.82, 2.24) is 15.2 Å². The van der Waals surface area contributed by atoms with Crippen molar-refractivity contribution in [3.8, 4) is 0 Å². The maximum absolute atomic E-state index is 12.1. The van der Waals surface area contributed by atoms with E-state index in [0.29, 0.717) is 17.4 Å². The van der Waals surface area contributed by atoms with Gasteiger partial charge in [-0.2, -0.15) is 0 Å². The molecule has 1 fully saturated rings. The average Bonchev–Trinajstić information content (AvgIpc) is 2.92. The Morgan fingerprint density at radius 1 is 1.45 bits per heavy atom. The van der Waals surface area contributed by atoms with Crippen molar-refractivity contribution in [2.24, 2.45) is 11.8 Å². The van der Waals surface area contributed by atoms with E-state index in [1.165, 1.54) is 6.42 Å². The number of rotatable bonds is 7. The van der Waals surface area contributed by atoms with E-state index in [9.17, 15) is 4.79 Å². The molecule has 2 N–H and O–H groups in total. The molecule has 0 aromatic carbocycles. The van der Waals surface area contributed by atoms with E-state index in [0.717, 1.165) is 38.5 Å². The molecule has 122 valence electrons. The van der Waals surface area contributed by atoms with Gasteiger partial charge in [-0.1, -0.05) is 13.8 Å². The Morgan fingerprint density at radius 2 is 2.27 bits per heavy atom. The number of hydrogen-bond donors (Lipinski definition) is 2. The highest BCUT2D eigenvalue weighted by Crippen LogP contribution is 2.16. The van der Waals surface area contributed by atoms with Gasteiger partial charge in [-0.3, -0.25) is 4.79 Å². The fraction of sp³-hybridized carbons (Fsp3) is 0.647. The third-order valence-corrected chi connectivity index (χ3v) is 3.93. The number of pyridine rings is 1. The van der Waals surface area contributed by atoms with Crippen LogP contribution in [0.15, 0.2) is 18.3 Å². The second-order valence-electron chi connectivity index (χ2n) is 6.48. The number of aromatic nitrogens is 1. The summed E-state index contributed by atoms with van der Waals surface area (Å²) in [5, 5.41) is 6.16. The normalized spacial score (nSPS) is 18.6. The second kappa shape index (κ2) is 8.13. The molecule has 1 aromatic rings. The number of likely N-dealkylation sites (tertiary alicyclic amines) is 1. The predicted molar refractivity (Wildman–Crippen MR) is 90.1 cm³/mol. The molecule has 2 heterocycles. The first kappa shape index (κ1) is 16.7. The minimum atomic E-state index is -0.0298. The molecule has 1 aliphatic rings. The first-order valence-corrected chi connectivity index (χ1v) is 8.29. The largest absolute Gasteiger partial charge is 0.370 e. The summed E-state index contributed by atoms with van der Waals surface area (Å²) in [4.78, 5) is 18.9. The van der Waals surface area contributed by atoms with Gasteiger partial charge >= 0.3 is 0 Å². The van der Waals surface area contributed by atoms with E-state index in [1.54, 1.807) is 6.20 Å². The molecule has 1 aromatic heterocycles. The summed E-state index contributed by atoms with van der Waals surface area (Å²) in [6.07, 6.45) is 2.80. The summed E-state index contributed by atoms with van der Waals surface area (Å²) in [5.74, 6) is 2.04. The number of amides is 1. The SMILES string of the molecule is CCNc1ccc(C(=O)NC[C@H]2CCN(CC(C)C)C2)cn1. The van der Waals surface area contributed by atoms with Crippen LogP contribution in [0.25, 0.3) is 0 Å². The lowest BCUT2D eigenvalue weighted by Crippen LogP contribution is -2.31. The lowest BCUT2D eigenvalue weighted by Gasteiger charge is -2.18. The van der Waals surface area contributed by atoms with Crippen LogP contribution in [0.5, 0.6) is 0 Å². The van der Waals surface area contributed by atoms with Crippen molar-refractivity contribution in [3.05, 3.63) is 23.9 Å². The Bertz CT molecular complexity index is 472. The van der Waals surface area contributed by atoms with Crippen LogP contribution in [-0.4, -0.2) is 48.5 Å². The molecule has 1 atom stereocenters. The maximum atomic E-state index is 12.1. The Morgan fingerprint density at radius 3 is 2.91 bits per heavy atom. The van der Waals surface area contributed by atoms with E-state index < -0.39 is 0 Å². The topological polar surface area (TPSA) is 57.3 Å². The van der Waals surface area contributed by atoms with E-state index in [1.807, 2.05) is 19.1 Å². The molecule has 0 spiro atoms. The number of anilines is 1. The second-order valence-corrected chi connectivity index (χ2v) is 6.48. The summed E-state index contributed by atoms with van der Waals surface area (Å²) in [7, 11) is 0. The molecule has 5 nitrogen and oxygen atoms in total. The Hall–Kier alpha value is -1.62. The molecular formula is C17H28N4O. The minimum Gasteiger partial charge on any atom is -0.370 e. The lowest BCUT2D eigenvalue weighted by molar-refractivity contribution is 0.0947. The Labute approximate surface area is 133 Å². The quantitative estimate of drug-likeness (QED) is 0.811. The molecule has 1 aliphatic heterocycles. The molecule has 22 heavy (non-hydrogen) atoms. The molecule has 0 radical (unpaired) electrons. The number of hydrogen-bond acceptors (Lipinski definition) is 4. The molecule has 0 aliphatic carbocycles. The van der Waals surface area contributed by atoms with Crippen molar-refractivity contribution < 1.29 is 4.79 Å². The number of nitrogens with one attached hydrogen (secondary N) is 2. The molecule has 2 rings (SSSR count). The van der Waals surface area contributed by atoms with Crippen LogP contribution in [0.1, 0.15) is 37.6 Å². The predicted octanol–water partition coefficient (Wildman–Crippen LogP) is 2.22. The van der Waals surface area contributed by atoms with E-state index in [2.05, 4.69) is 34.4 Å². The van der Waals surface area contributed by atoms with Crippen LogP contribution >= 0.6 is 0 Å². The summed E-state index contributed by atoms with van der Waals surface area (Å²) in [6, 6.07) is 3.67. The first-order chi connectivity index (χ1) is 10.6. The van der Waals surface area contributed by atoms with Gasteiger partial charge in [-0.25, -0.2) is 4.98 Å². The number of carbonyl (C=O) groups excluding carboxylic acids is 1. The zero-order valence-corrected chi connectivity index (χ0v) is 13.9. The summed E-state index contributed by atoms with van der Waals surface area (Å²) in [6.45, 7) is 11.5. The Kier molecular flexibility index (Phi) is 6.19. The molecule has 1 saturated heterocycles. The van der Waals surface area contributed by atoms with Crippen LogP contribution in [-0.2, 0) is 0 Å². The highest BCUT2D eigenvalue weighted by molar-refractivity contribution is 5.94. The van der Waals surface area contributed by atoms with Crippen molar-refractivity contribution in [1.29, 1.82) is 0 Å². The third-order valence-electron chi connectivity index (χ3n) is 3.93. The van der Waals surface area contributed by atoms with Crippen LogP contribution in [0.2, 0.25) is 0 Å². The van der Waals surface area contributed by atoms with E-state index in [-0.39, 0.29) is 5.91 Å². The minimum absolute atomic E-state index is 0.0298. The van der Waals surface area contributed by atoms with Gasteiger partial charge in [0.15, 0.2) is 0 Å². The van der Waals surface area contributed by atoms with Gasteiger partial charge in [0.25, 0.3) is 5.91 Å². The standard InChI is InChI=1S/C17H28N4O/c1-4-18-16-6-5-15(10-19-16)17(22)20-9-14-7-8-21(12-14)11-13(2)3/h5-6,10,13-14H,4,7-9,11-12H2,1-3H3,(H,18,19)(H,20,22)/t14-/m1/s1. The monoisotopic (exact) mass is 304 g/mol. The van der Waals surface area contributed by atoms with Gasteiger partial charge in [-0.05, 0) is 43.9 Å². The first-order valence-electron chi connectivity index (χ1n) is 8.29. The molecule has 0 saturated carbocycles. The third kappa shape index (κ3) is 4.98. The summed E-state index contributed by atoms with van der Waals surface area (Å²) in [5.41, 5.74) is 0.624. The van der Waals surface area contributed by atoms with Crippen LogP contribution in [0.4, 0.5) is 5.82 Å². The summed E-state index contributed by atoms with van der Waals surface area (Å²) >= 11 is 0. The van der Waals surface area contributed by atoms with Gasteiger partial charge in [0.1, 0.15) is 5.82 Å². The molecular weight excluding hydrogens is 276 g/mol. The average molecular weight is 304 g/mol. The summed E-state index contributed by atoms with van der Waals surface area (Å²) < 4.78 is 0. The number of nitrogens with zero attached hydrogens (tertiary/aromatic N) is 2. The molecule has 0 unspecified atom stereocenters. The molecule has 0 bridgehead atoms. The highest BCUT2D eigenvalue weighted by Gasteiger charge is 2.23. The number of carbonyl (C=O) groups is 1. The van der Waals surface area contributed by atoms with Crippen LogP contribution in [0, 0.1) is 11.8 Å². The van der Waals surface area contributed by atoms with Crippen molar-refractivity contribution in [3.63, 3.8) is 0 Å². The zero-order valence-electron chi connectivity index (χ0n) is 13.9. The lowest BCUT2D eigenvalue weighted by atomic mass is 10.1. The molecule has 1 amide bonds. The maximum Gasteiger partial charge on any atom is 0.252 e. The van der Waals surface area contributed by atoms with E-state index >= 15 is 0 Å². The smallest absolute Gasteiger partial charge is 0.252 e. The van der Waals surface area contributed by atoms with Crippen molar-refractivity contribution >= 4 is 11.7 Å². The van der Waals surface area contributed by atoms with Crippen molar-refractivity contribution in [2.45, 2.75) is 27.2 Å². The van der Waals surface area contributed by atoms with Crippen molar-refractivity contribution in [2.75, 3.05) is 38.0 Å². The fourth-order valence-electron chi connectivity index (χ4n) is 2.91. The fourth-order valence-corrected chi connectivity index (χ4v) is 2.91. The zero-order chi connectivity index (χ0) is 15.9. The Balaban J connectivity index is 1.76. The van der Waals surface area contributed by atoms with E-state index in [4.69, 9.17) is 0 Å². The van der Waals surface area contributed by atoms with Crippen LogP contribution < -0.4 is 10.6 Å². The molecule has 5 heteroatoms. The van der Waals surface area contributed by atoms with Gasteiger partial charge in [0.2, 0.25) is 0 Å².